The molecule has 3 heterocycles. The SMILES string of the molecule is CC(C)(O)c1cnnn1[C@H]1C[C@@H](C(=O)NC2(C(=O)C(N)=O)CCSCC2)N(C(=O)[C@H](N)CC2CCCCC2)C1.Cl. The second-order valence-corrected chi connectivity index (χ2v) is 13.0. The summed E-state index contributed by atoms with van der Waals surface area (Å²) >= 11 is 1.64. The standard InChI is InChI=1S/C26H41N7O5S.ClH/c1-25(2,38)20-14-29-31-33(20)17-13-19(23(36)30-26(21(34)22(28)35)8-10-39-11-9-26)32(15-17)24(37)18(27)12-16-6-4-3-5-7-16;/h14,16-19,38H,3-13,15,27H2,1-2H3,(H2,28,35)(H,30,36);1H/t17-,18+,19-;/m0./s1. The molecule has 3 atom stereocenters. The van der Waals surface area contributed by atoms with E-state index in [0.717, 1.165) is 25.7 Å². The van der Waals surface area contributed by atoms with Crippen molar-refractivity contribution in [1.29, 1.82) is 0 Å². The minimum atomic E-state index is -1.39. The number of halogens is 1. The Morgan fingerprint density at radius 1 is 1.20 bits per heavy atom. The van der Waals surface area contributed by atoms with Gasteiger partial charge in [-0.3, -0.25) is 19.2 Å². The summed E-state index contributed by atoms with van der Waals surface area (Å²) in [6.45, 7) is 3.38. The Labute approximate surface area is 245 Å². The van der Waals surface area contributed by atoms with Crippen molar-refractivity contribution < 1.29 is 24.3 Å². The highest BCUT2D eigenvalue weighted by Crippen LogP contribution is 2.34. The number of rotatable bonds is 9. The van der Waals surface area contributed by atoms with Crippen LogP contribution in [0.4, 0.5) is 0 Å². The molecule has 0 spiro atoms. The summed E-state index contributed by atoms with van der Waals surface area (Å²) in [6.07, 6.45) is 8.30. The molecule has 3 aliphatic rings. The number of nitrogens with one attached hydrogen (secondary N) is 1. The maximum Gasteiger partial charge on any atom is 0.287 e. The van der Waals surface area contributed by atoms with Crippen LogP contribution < -0.4 is 16.8 Å². The average molecular weight is 600 g/mol. The number of nitrogens with zero attached hydrogens (tertiary/aromatic N) is 4. The van der Waals surface area contributed by atoms with Crippen molar-refractivity contribution in [3.63, 3.8) is 0 Å². The van der Waals surface area contributed by atoms with Crippen LogP contribution in [0.25, 0.3) is 0 Å². The van der Waals surface area contributed by atoms with Crippen LogP contribution in [0.1, 0.15) is 83.4 Å². The molecule has 3 fully saturated rings. The minimum Gasteiger partial charge on any atom is -0.384 e. The Bertz CT molecular complexity index is 1080. The van der Waals surface area contributed by atoms with Crippen LogP contribution in [0.15, 0.2) is 6.20 Å². The molecule has 12 nitrogen and oxygen atoms in total. The molecule has 0 bridgehead atoms. The van der Waals surface area contributed by atoms with E-state index < -0.39 is 46.9 Å². The van der Waals surface area contributed by atoms with E-state index in [1.807, 2.05) is 0 Å². The summed E-state index contributed by atoms with van der Waals surface area (Å²) in [5.41, 5.74) is 9.62. The van der Waals surface area contributed by atoms with Gasteiger partial charge in [0.2, 0.25) is 17.6 Å². The molecule has 2 aliphatic heterocycles. The molecule has 0 radical (unpaired) electrons. The Balaban J connectivity index is 0.00000441. The number of hydrogen-bond acceptors (Lipinski definition) is 9. The van der Waals surface area contributed by atoms with Crippen molar-refractivity contribution in [2.45, 2.75) is 101 Å². The number of amides is 3. The lowest BCUT2D eigenvalue weighted by Gasteiger charge is -2.37. The lowest BCUT2D eigenvalue weighted by atomic mass is 9.84. The predicted molar refractivity (Wildman–Crippen MR) is 152 cm³/mol. The van der Waals surface area contributed by atoms with E-state index in [1.165, 1.54) is 17.5 Å². The Kier molecular flexibility index (Phi) is 10.6. The Hall–Kier alpha value is -2.22. The van der Waals surface area contributed by atoms with Crippen LogP contribution in [0.5, 0.6) is 0 Å². The number of thioether (sulfide) groups is 1. The molecule has 1 aliphatic carbocycles. The fourth-order valence-electron chi connectivity index (χ4n) is 6.21. The van der Waals surface area contributed by atoms with Crippen molar-refractivity contribution in [2.75, 3.05) is 18.1 Å². The number of carbonyl (C=O) groups is 4. The number of carbonyl (C=O) groups excluding carboxylic acids is 4. The van der Waals surface area contributed by atoms with Crippen LogP contribution in [0.3, 0.4) is 0 Å². The van der Waals surface area contributed by atoms with Crippen molar-refractivity contribution in [2.24, 2.45) is 17.4 Å². The molecule has 6 N–H and O–H groups in total. The number of hydrogen-bond donors (Lipinski definition) is 4. The Morgan fingerprint density at radius 2 is 1.85 bits per heavy atom. The number of ketones is 1. The van der Waals surface area contributed by atoms with E-state index in [2.05, 4.69) is 15.6 Å². The third-order valence-electron chi connectivity index (χ3n) is 8.41. The van der Waals surface area contributed by atoms with Gasteiger partial charge in [0.15, 0.2) is 0 Å². The first-order chi connectivity index (χ1) is 18.4. The molecule has 14 heteroatoms. The van der Waals surface area contributed by atoms with E-state index in [-0.39, 0.29) is 44.1 Å². The number of likely N-dealkylation sites (tertiary alicyclic amines) is 1. The van der Waals surface area contributed by atoms with Gasteiger partial charge in [-0.1, -0.05) is 37.3 Å². The van der Waals surface area contributed by atoms with E-state index >= 15 is 0 Å². The van der Waals surface area contributed by atoms with Gasteiger partial charge in [0, 0.05) is 13.0 Å². The highest BCUT2D eigenvalue weighted by atomic mass is 35.5. The van der Waals surface area contributed by atoms with E-state index in [9.17, 15) is 24.3 Å². The van der Waals surface area contributed by atoms with Crippen LogP contribution in [-0.2, 0) is 24.8 Å². The molecule has 2 saturated heterocycles. The molecule has 0 unspecified atom stereocenters. The molecule has 1 aromatic heterocycles. The number of primary amides is 1. The maximum absolute atomic E-state index is 13.8. The molecule has 0 aromatic carbocycles. The zero-order valence-corrected chi connectivity index (χ0v) is 24.8. The molecule has 40 heavy (non-hydrogen) atoms. The lowest BCUT2D eigenvalue weighted by Crippen LogP contribution is -2.63. The van der Waals surface area contributed by atoms with E-state index in [0.29, 0.717) is 29.5 Å². The van der Waals surface area contributed by atoms with Gasteiger partial charge in [-0.05, 0) is 50.5 Å². The van der Waals surface area contributed by atoms with Crippen molar-refractivity contribution in [3.8, 4) is 0 Å². The van der Waals surface area contributed by atoms with Gasteiger partial charge >= 0.3 is 0 Å². The number of aromatic nitrogens is 3. The number of aliphatic hydroxyl groups is 1. The van der Waals surface area contributed by atoms with Crippen LogP contribution in [-0.4, -0.2) is 84.2 Å². The van der Waals surface area contributed by atoms with Gasteiger partial charge < -0.3 is 26.8 Å². The van der Waals surface area contributed by atoms with Crippen LogP contribution >= 0.6 is 24.2 Å². The summed E-state index contributed by atoms with van der Waals surface area (Å²) < 4.78 is 1.56. The molecule has 224 valence electrons. The Morgan fingerprint density at radius 3 is 2.45 bits per heavy atom. The van der Waals surface area contributed by atoms with Gasteiger partial charge in [0.1, 0.15) is 17.2 Å². The molecule has 3 amide bonds. The molecule has 1 aromatic rings. The highest BCUT2D eigenvalue weighted by Gasteiger charge is 2.48. The second-order valence-electron chi connectivity index (χ2n) is 11.7. The summed E-state index contributed by atoms with van der Waals surface area (Å²) in [6, 6.07) is -2.15. The number of Topliss-reactive ketones (excluding diaryl/α,β-unsaturated/α-hetero) is 1. The predicted octanol–water partition coefficient (Wildman–Crippen LogP) is 0.803. The monoisotopic (exact) mass is 599 g/mol. The van der Waals surface area contributed by atoms with Crippen molar-refractivity contribution >= 4 is 47.7 Å². The fourth-order valence-corrected chi connectivity index (χ4v) is 7.40. The molecule has 4 rings (SSSR count). The van der Waals surface area contributed by atoms with Gasteiger partial charge in [-0.15, -0.1) is 17.5 Å². The molecular weight excluding hydrogens is 558 g/mol. The lowest BCUT2D eigenvalue weighted by molar-refractivity contribution is -0.144. The first-order valence-electron chi connectivity index (χ1n) is 13.9. The summed E-state index contributed by atoms with van der Waals surface area (Å²) in [4.78, 5) is 53.8. The van der Waals surface area contributed by atoms with Crippen LogP contribution in [0.2, 0.25) is 0 Å². The van der Waals surface area contributed by atoms with Gasteiger partial charge in [-0.2, -0.15) is 11.8 Å². The maximum atomic E-state index is 13.8. The summed E-state index contributed by atoms with van der Waals surface area (Å²) in [7, 11) is 0. The topological polar surface area (TPSA) is 187 Å². The highest BCUT2D eigenvalue weighted by molar-refractivity contribution is 7.99. The normalized spacial score (nSPS) is 24.1. The van der Waals surface area contributed by atoms with E-state index in [4.69, 9.17) is 11.5 Å². The van der Waals surface area contributed by atoms with Gasteiger partial charge in [0.25, 0.3) is 5.91 Å². The van der Waals surface area contributed by atoms with E-state index in [1.54, 1.807) is 30.3 Å². The van der Waals surface area contributed by atoms with Crippen molar-refractivity contribution in [3.05, 3.63) is 11.9 Å². The first kappa shape index (κ1) is 32.3. The average Bonchev–Trinajstić information content (AvgIpc) is 3.56. The molecule has 1 saturated carbocycles. The summed E-state index contributed by atoms with van der Waals surface area (Å²) in [5.74, 6) is -1.21. The smallest absolute Gasteiger partial charge is 0.287 e. The fraction of sp³-hybridized carbons (Fsp3) is 0.769. The van der Waals surface area contributed by atoms with Gasteiger partial charge in [0.05, 0.1) is 24.0 Å². The second kappa shape index (κ2) is 13.2. The van der Waals surface area contributed by atoms with Crippen molar-refractivity contribution in [1.82, 2.24) is 25.2 Å². The minimum absolute atomic E-state index is 0. The zero-order valence-electron chi connectivity index (χ0n) is 23.2. The largest absolute Gasteiger partial charge is 0.384 e. The molecular formula is C26H42ClN7O5S. The quantitative estimate of drug-likeness (QED) is 0.298. The first-order valence-corrected chi connectivity index (χ1v) is 15.0. The number of nitrogens with two attached hydrogens (primary N) is 2. The van der Waals surface area contributed by atoms with Gasteiger partial charge in [-0.25, -0.2) is 4.68 Å². The zero-order chi connectivity index (χ0) is 28.4. The third-order valence-corrected chi connectivity index (χ3v) is 9.39. The third kappa shape index (κ3) is 6.97. The van der Waals surface area contributed by atoms with Crippen LogP contribution in [0, 0.1) is 5.92 Å². The summed E-state index contributed by atoms with van der Waals surface area (Å²) in [5, 5.41) is 21.6.